The van der Waals surface area contributed by atoms with Crippen molar-refractivity contribution in [3.05, 3.63) is 47.6 Å². The van der Waals surface area contributed by atoms with Gasteiger partial charge in [-0.2, -0.15) is 0 Å². The molecule has 1 aliphatic carbocycles. The molecule has 15 atom stereocenters. The fraction of sp³-hybridized carbons (Fsp3) is 0.759. The highest BCUT2D eigenvalue weighted by Crippen LogP contribution is 2.38. The van der Waals surface area contributed by atoms with Gasteiger partial charge in [0.25, 0.3) is 11.7 Å². The van der Waals surface area contributed by atoms with Gasteiger partial charge in [0.05, 0.1) is 24.4 Å². The Kier molecular flexibility index (Phi) is 24.4. The van der Waals surface area contributed by atoms with Crippen molar-refractivity contribution in [3.8, 4) is 0 Å². The van der Waals surface area contributed by atoms with Crippen molar-refractivity contribution in [1.29, 1.82) is 0 Å². The minimum Gasteiger partial charge on any atom is -0.460 e. The zero-order valence-electron chi connectivity index (χ0n) is 43.1. The van der Waals surface area contributed by atoms with E-state index in [0.29, 0.717) is 57.1 Å². The van der Waals surface area contributed by atoms with Crippen molar-refractivity contribution in [3.63, 3.8) is 0 Å². The summed E-state index contributed by atoms with van der Waals surface area (Å²) < 4.78 is 37.1. The van der Waals surface area contributed by atoms with E-state index in [1.54, 1.807) is 41.1 Å². The summed E-state index contributed by atoms with van der Waals surface area (Å²) >= 11 is 2.34. The maximum absolute atomic E-state index is 14.5. The average Bonchev–Trinajstić information content (AvgIpc) is 3.33. The number of alkyl halides is 1. The number of aliphatic hydroxyl groups excluding tert-OH is 1. The highest BCUT2D eigenvalue weighted by atomic mass is 127. The van der Waals surface area contributed by atoms with Gasteiger partial charge in [-0.3, -0.25) is 19.2 Å². The predicted octanol–water partition coefficient (Wildman–Crippen LogP) is 8.03. The Morgan fingerprint density at radius 3 is 2.29 bits per heavy atom. The molecule has 2 N–H and O–H groups in total. The molecule has 0 radical (unpaired) electrons. The summed E-state index contributed by atoms with van der Waals surface area (Å²) in [5.74, 6) is -7.71. The van der Waals surface area contributed by atoms with Crippen molar-refractivity contribution < 1.29 is 62.6 Å². The van der Waals surface area contributed by atoms with Gasteiger partial charge in [0.15, 0.2) is 5.78 Å². The molecule has 15 heteroatoms. The summed E-state index contributed by atoms with van der Waals surface area (Å²) in [6.07, 6.45) is 13.8. The maximum atomic E-state index is 14.5. The molecule has 0 aromatic carbocycles. The average molecular weight is 1080 g/mol. The molecule has 0 aromatic heterocycles. The number of methoxy groups -OCH3 is 3. The van der Waals surface area contributed by atoms with Crippen LogP contribution in [0.15, 0.2) is 47.6 Å². The number of carbonyl (C=O) groups is 5. The zero-order chi connectivity index (χ0) is 51.0. The number of piperidine rings is 1. The van der Waals surface area contributed by atoms with Crippen LogP contribution in [0.1, 0.15) is 132 Å². The van der Waals surface area contributed by atoms with Gasteiger partial charge in [-0.15, -0.1) is 0 Å². The Morgan fingerprint density at radius 1 is 0.870 bits per heavy atom. The van der Waals surface area contributed by atoms with Crippen molar-refractivity contribution >= 4 is 51.8 Å². The third kappa shape index (κ3) is 16.4. The first-order valence-corrected chi connectivity index (χ1v) is 27.0. The number of nitrogens with zero attached hydrogens (tertiary/aromatic N) is 1. The fourth-order valence-electron chi connectivity index (χ4n) is 10.6. The highest BCUT2D eigenvalue weighted by molar-refractivity contribution is 14.1. The molecule has 3 fully saturated rings. The largest absolute Gasteiger partial charge is 0.460 e. The quantitative estimate of drug-likeness (QED) is 0.0536. The van der Waals surface area contributed by atoms with Gasteiger partial charge in [0.2, 0.25) is 5.79 Å². The lowest BCUT2D eigenvalue weighted by Crippen LogP contribution is -2.61. The Bertz CT molecular complexity index is 1830. The van der Waals surface area contributed by atoms with E-state index in [0.717, 1.165) is 35.7 Å². The van der Waals surface area contributed by atoms with Crippen LogP contribution in [0.3, 0.4) is 0 Å². The number of fused-ring (bicyclic) bond motifs is 3. The molecule has 3 heterocycles. The summed E-state index contributed by atoms with van der Waals surface area (Å²) in [5.41, 5.74) is 1.29. The number of cyclic esters (lactones) is 1. The van der Waals surface area contributed by atoms with Crippen LogP contribution >= 0.6 is 22.6 Å². The number of carbonyl (C=O) groups excluding carboxylic acids is 5. The first-order valence-electron chi connectivity index (χ1n) is 25.5. The number of esters is 1. The number of ether oxygens (including phenoxy) is 6. The lowest BCUT2D eigenvalue weighted by atomic mass is 9.78. The van der Waals surface area contributed by atoms with E-state index in [9.17, 15) is 34.2 Å². The molecule has 2 bridgehead atoms. The van der Waals surface area contributed by atoms with Crippen LogP contribution in [0, 0.1) is 35.5 Å². The Morgan fingerprint density at radius 2 is 1.61 bits per heavy atom. The van der Waals surface area contributed by atoms with Gasteiger partial charge in [-0.05, 0) is 113 Å². The number of halogens is 1. The first kappa shape index (κ1) is 58.9. The monoisotopic (exact) mass is 1080 g/mol. The number of rotatable bonds is 10. The summed E-state index contributed by atoms with van der Waals surface area (Å²) in [4.78, 5) is 72.3. The van der Waals surface area contributed by atoms with E-state index in [-0.39, 0.29) is 60.9 Å². The fourth-order valence-corrected chi connectivity index (χ4v) is 10.9. The van der Waals surface area contributed by atoms with Crippen molar-refractivity contribution in [1.82, 2.24) is 4.90 Å². The molecule has 0 spiro atoms. The third-order valence-corrected chi connectivity index (χ3v) is 15.8. The van der Waals surface area contributed by atoms with Gasteiger partial charge >= 0.3 is 5.97 Å². The molecule has 4 rings (SSSR count). The first-order chi connectivity index (χ1) is 32.8. The van der Waals surface area contributed by atoms with E-state index in [1.807, 2.05) is 58.1 Å². The molecule has 1 saturated carbocycles. The number of amides is 1. The minimum atomic E-state index is -2.42. The Balaban J connectivity index is 1.69. The van der Waals surface area contributed by atoms with Crippen molar-refractivity contribution in [2.75, 3.05) is 38.9 Å². The Labute approximate surface area is 425 Å². The number of ketones is 3. The summed E-state index contributed by atoms with van der Waals surface area (Å²) in [7, 11) is 4.67. The second-order valence-electron chi connectivity index (χ2n) is 20.5. The van der Waals surface area contributed by atoms with Gasteiger partial charge in [0.1, 0.15) is 30.1 Å². The second-order valence-corrected chi connectivity index (χ2v) is 21.6. The molecule has 3 aliphatic heterocycles. The second kappa shape index (κ2) is 28.6. The third-order valence-electron chi connectivity index (χ3n) is 15.1. The lowest BCUT2D eigenvalue weighted by Gasteiger charge is -2.42. The molecule has 2 saturated heterocycles. The van der Waals surface area contributed by atoms with E-state index in [1.165, 1.54) is 12.0 Å². The number of allylic oxidation sites excluding steroid dienone is 6. The summed E-state index contributed by atoms with van der Waals surface area (Å²) in [6, 6.07) is -1.13. The van der Waals surface area contributed by atoms with E-state index in [4.69, 9.17) is 28.4 Å². The molecule has 1 amide bonds. The molecular weight excluding hydrogens is 997 g/mol. The van der Waals surface area contributed by atoms with Crippen LogP contribution in [0.5, 0.6) is 0 Å². The zero-order valence-corrected chi connectivity index (χ0v) is 45.2. The van der Waals surface area contributed by atoms with Crippen LogP contribution < -0.4 is 0 Å². The van der Waals surface area contributed by atoms with Crippen molar-refractivity contribution in [2.24, 2.45) is 35.5 Å². The van der Waals surface area contributed by atoms with E-state index >= 15 is 0 Å². The normalized spacial score (nSPS) is 38.8. The van der Waals surface area contributed by atoms with Crippen LogP contribution in [0.2, 0.25) is 0 Å². The van der Waals surface area contributed by atoms with E-state index in [2.05, 4.69) is 22.6 Å². The summed E-state index contributed by atoms with van der Waals surface area (Å²) in [6.45, 7) is 13.6. The van der Waals surface area contributed by atoms with Crippen LogP contribution in [-0.2, 0) is 52.4 Å². The minimum absolute atomic E-state index is 0.0166. The number of Topliss-reactive ketones (excluding diaryl/α,β-unsaturated/α-hetero) is 3. The SMILES string of the molecule is CO[C@H]1C[C@@H]2CC[C@@H](C)[C@@](O)(O2)C(=O)C(=O)N2CCCC[C@H]2C(=O)O[C@H](C(C)C[C@@H]2CC[C@@H](OCCCI)[C@H](OC)C2)CC(=O)[C@H](C)/C=C(\C)[C@@H](O)[C@@H](OC)C(=O)[C@H](C)C[C@H](C)/C=C/C=C/C=C/1C. The molecule has 0 aromatic rings. The predicted molar refractivity (Wildman–Crippen MR) is 272 cm³/mol. The molecule has 14 nitrogen and oxygen atoms in total. The van der Waals surface area contributed by atoms with E-state index < -0.39 is 77.8 Å². The number of hydrogen-bond donors (Lipinski definition) is 2. The van der Waals surface area contributed by atoms with Gasteiger partial charge in [0, 0.05) is 69.5 Å². The number of aliphatic hydroxyl groups is 2. The molecule has 4 aliphatic rings. The lowest BCUT2D eigenvalue weighted by molar-refractivity contribution is -0.265. The van der Waals surface area contributed by atoms with Crippen molar-refractivity contribution in [2.45, 2.75) is 186 Å². The standard InChI is InChI=1S/C54H84INO13/c1-33-17-12-11-13-18-34(2)45(64-8)31-41-22-20-39(7)54(63,69-41)51(60)52(61)56-25-15-14-19-42(56)53(62)68-46(36(4)29-40-21-23-44(47(30-40)65-9)67-26-16-24-55)32-43(57)35(3)28-38(6)49(59)50(66-10)48(58)37(5)27-33/h11-13,17-18,28,33,35-37,39-42,44-47,49-50,59,63H,14-16,19-27,29-32H2,1-10H3/b13-11+,17-12+,34-18+,38-28+/t33-,35-,36?,37-,39-,40+,41+,42+,44-,45+,46+,47-,49-,50+,54-/m1/s1. The van der Waals surface area contributed by atoms with Crippen LogP contribution in [-0.4, -0.2) is 138 Å². The summed E-state index contributed by atoms with van der Waals surface area (Å²) in [5, 5.41) is 23.5. The molecule has 69 heavy (non-hydrogen) atoms. The van der Waals surface area contributed by atoms with Crippen LogP contribution in [0.25, 0.3) is 0 Å². The molecular formula is C54H84INO13. The highest BCUT2D eigenvalue weighted by Gasteiger charge is 2.53. The number of hydrogen-bond acceptors (Lipinski definition) is 13. The topological polar surface area (TPSA) is 184 Å². The smallest absolute Gasteiger partial charge is 0.329 e. The molecule has 390 valence electrons. The van der Waals surface area contributed by atoms with Gasteiger partial charge in [-0.1, -0.05) is 93.7 Å². The van der Waals surface area contributed by atoms with Crippen LogP contribution in [0.4, 0.5) is 0 Å². The van der Waals surface area contributed by atoms with Gasteiger partial charge in [-0.25, -0.2) is 4.79 Å². The van der Waals surface area contributed by atoms with Gasteiger partial charge < -0.3 is 43.5 Å². The maximum Gasteiger partial charge on any atom is 0.329 e. The Hall–Kier alpha value is -2.64. The molecule has 1 unspecified atom stereocenters.